The van der Waals surface area contributed by atoms with Crippen LogP contribution in [0.5, 0.6) is 0 Å². The number of anilines is 1. The molecule has 1 atom stereocenters. The standard InChI is InChI=1S/C23H27N9/c1-2-5-19(4-1)27-21-7-8-22-28-29-23(32(22)30-21)17-10-16(11-25-12-17)18-13-26-31(15-18)20-6-3-9-24-14-20/h7-8,10-13,15,19-20,24H,1-6,9,14H2,(H,27,30). The van der Waals surface area contributed by atoms with Crippen LogP contribution in [0.25, 0.3) is 28.2 Å². The minimum absolute atomic E-state index is 0.407. The maximum absolute atomic E-state index is 4.77. The van der Waals surface area contributed by atoms with Gasteiger partial charge in [0.2, 0.25) is 0 Å². The molecule has 2 aliphatic rings. The van der Waals surface area contributed by atoms with Crippen LogP contribution in [0.15, 0.2) is 43.0 Å². The summed E-state index contributed by atoms with van der Waals surface area (Å²) in [5.41, 5.74) is 3.66. The average molecular weight is 430 g/mol. The first kappa shape index (κ1) is 19.4. The first-order chi connectivity index (χ1) is 15.8. The van der Waals surface area contributed by atoms with Crippen LogP contribution in [-0.2, 0) is 0 Å². The Bertz CT molecular complexity index is 1220. The SMILES string of the molecule is c1ncc(-c2nnc3ccc(NC4CCCC4)nn23)cc1-c1cnn(C2CCCNC2)c1. The zero-order chi connectivity index (χ0) is 21.3. The summed E-state index contributed by atoms with van der Waals surface area (Å²) in [6, 6.07) is 6.93. The third kappa shape index (κ3) is 3.73. The van der Waals surface area contributed by atoms with Crippen molar-refractivity contribution in [2.45, 2.75) is 50.6 Å². The number of rotatable bonds is 5. The van der Waals surface area contributed by atoms with E-state index in [0.29, 0.717) is 17.9 Å². The molecule has 2 fully saturated rings. The fourth-order valence-electron chi connectivity index (χ4n) is 4.79. The molecule has 1 aliphatic heterocycles. The summed E-state index contributed by atoms with van der Waals surface area (Å²) in [6.07, 6.45) is 15.0. The highest BCUT2D eigenvalue weighted by molar-refractivity contribution is 5.69. The zero-order valence-electron chi connectivity index (χ0n) is 18.0. The van der Waals surface area contributed by atoms with Gasteiger partial charge in [-0.05, 0) is 50.4 Å². The van der Waals surface area contributed by atoms with Gasteiger partial charge in [-0.25, -0.2) is 0 Å². The van der Waals surface area contributed by atoms with E-state index in [9.17, 15) is 0 Å². The van der Waals surface area contributed by atoms with Gasteiger partial charge in [0.05, 0.1) is 12.2 Å². The van der Waals surface area contributed by atoms with Crippen molar-refractivity contribution in [3.8, 4) is 22.5 Å². The van der Waals surface area contributed by atoms with Crippen molar-refractivity contribution in [2.24, 2.45) is 0 Å². The Morgan fingerprint density at radius 2 is 1.84 bits per heavy atom. The van der Waals surface area contributed by atoms with E-state index in [1.807, 2.05) is 30.7 Å². The first-order valence-electron chi connectivity index (χ1n) is 11.5. The lowest BCUT2D eigenvalue weighted by molar-refractivity contribution is 0.347. The van der Waals surface area contributed by atoms with Gasteiger partial charge >= 0.3 is 0 Å². The molecule has 9 nitrogen and oxygen atoms in total. The monoisotopic (exact) mass is 429 g/mol. The van der Waals surface area contributed by atoms with Crippen molar-refractivity contribution >= 4 is 11.5 Å². The second kappa shape index (κ2) is 8.31. The summed E-state index contributed by atoms with van der Waals surface area (Å²) < 4.78 is 3.87. The summed E-state index contributed by atoms with van der Waals surface area (Å²) >= 11 is 0. The summed E-state index contributed by atoms with van der Waals surface area (Å²) in [5, 5.41) is 25.1. The quantitative estimate of drug-likeness (QED) is 0.502. The van der Waals surface area contributed by atoms with Gasteiger partial charge in [-0.2, -0.15) is 9.61 Å². The number of aromatic nitrogens is 7. The lowest BCUT2D eigenvalue weighted by Crippen LogP contribution is -2.31. The maximum Gasteiger partial charge on any atom is 0.187 e. The van der Waals surface area contributed by atoms with Gasteiger partial charge in [-0.15, -0.1) is 15.3 Å². The molecule has 32 heavy (non-hydrogen) atoms. The van der Waals surface area contributed by atoms with Crippen LogP contribution < -0.4 is 10.6 Å². The molecule has 2 N–H and O–H groups in total. The highest BCUT2D eigenvalue weighted by Crippen LogP contribution is 2.27. The van der Waals surface area contributed by atoms with Gasteiger partial charge in [-0.3, -0.25) is 9.67 Å². The highest BCUT2D eigenvalue weighted by Gasteiger charge is 2.18. The molecule has 4 aromatic rings. The summed E-state index contributed by atoms with van der Waals surface area (Å²) in [4.78, 5) is 4.48. The van der Waals surface area contributed by atoms with E-state index in [1.54, 1.807) is 4.52 Å². The van der Waals surface area contributed by atoms with Crippen LogP contribution in [0.1, 0.15) is 44.6 Å². The molecular weight excluding hydrogens is 402 g/mol. The van der Waals surface area contributed by atoms with E-state index in [1.165, 1.54) is 32.1 Å². The Balaban J connectivity index is 1.30. The largest absolute Gasteiger partial charge is 0.366 e. The first-order valence-corrected chi connectivity index (χ1v) is 11.5. The van der Waals surface area contributed by atoms with E-state index in [4.69, 9.17) is 5.10 Å². The van der Waals surface area contributed by atoms with Crippen molar-refractivity contribution in [3.05, 3.63) is 43.0 Å². The van der Waals surface area contributed by atoms with Crippen molar-refractivity contribution in [3.63, 3.8) is 0 Å². The second-order valence-corrected chi connectivity index (χ2v) is 8.81. The van der Waals surface area contributed by atoms with E-state index >= 15 is 0 Å². The Morgan fingerprint density at radius 1 is 0.938 bits per heavy atom. The lowest BCUT2D eigenvalue weighted by atomic mass is 10.1. The molecule has 1 aliphatic carbocycles. The molecule has 1 saturated heterocycles. The maximum atomic E-state index is 4.77. The molecule has 9 heteroatoms. The Hall–Kier alpha value is -3.33. The van der Waals surface area contributed by atoms with E-state index < -0.39 is 0 Å². The topological polar surface area (TPSA) is 97.8 Å². The number of hydrogen-bond donors (Lipinski definition) is 2. The molecule has 0 aromatic carbocycles. The van der Waals surface area contributed by atoms with Crippen LogP contribution in [-0.4, -0.2) is 53.7 Å². The van der Waals surface area contributed by atoms with Crippen molar-refractivity contribution < 1.29 is 0 Å². The zero-order valence-corrected chi connectivity index (χ0v) is 18.0. The minimum Gasteiger partial charge on any atom is -0.366 e. The third-order valence-corrected chi connectivity index (χ3v) is 6.55. The third-order valence-electron chi connectivity index (χ3n) is 6.55. The molecule has 0 spiro atoms. The molecule has 1 unspecified atom stereocenters. The number of nitrogens with zero attached hydrogens (tertiary/aromatic N) is 7. The fraction of sp³-hybridized carbons (Fsp3) is 0.435. The lowest BCUT2D eigenvalue weighted by Gasteiger charge is -2.22. The molecule has 0 radical (unpaired) electrons. The average Bonchev–Trinajstić information content (AvgIpc) is 3.61. The molecule has 0 bridgehead atoms. The highest BCUT2D eigenvalue weighted by atomic mass is 15.4. The van der Waals surface area contributed by atoms with Crippen LogP contribution >= 0.6 is 0 Å². The van der Waals surface area contributed by atoms with E-state index in [-0.39, 0.29) is 0 Å². The Kier molecular flexibility index (Phi) is 5.03. The predicted molar refractivity (Wildman–Crippen MR) is 122 cm³/mol. The van der Waals surface area contributed by atoms with Gasteiger partial charge in [0.1, 0.15) is 5.82 Å². The van der Waals surface area contributed by atoms with Gasteiger partial charge in [0.15, 0.2) is 11.5 Å². The van der Waals surface area contributed by atoms with Gasteiger partial charge in [-0.1, -0.05) is 12.8 Å². The van der Waals surface area contributed by atoms with Crippen LogP contribution in [0, 0.1) is 0 Å². The number of fused-ring (bicyclic) bond motifs is 1. The van der Waals surface area contributed by atoms with Crippen LogP contribution in [0.3, 0.4) is 0 Å². The summed E-state index contributed by atoms with van der Waals surface area (Å²) in [5.74, 6) is 1.55. The van der Waals surface area contributed by atoms with E-state index in [0.717, 1.165) is 47.7 Å². The summed E-state index contributed by atoms with van der Waals surface area (Å²) in [7, 11) is 0. The van der Waals surface area contributed by atoms with Crippen LogP contribution in [0.4, 0.5) is 5.82 Å². The molecule has 1 saturated carbocycles. The Labute approximate surface area is 186 Å². The smallest absolute Gasteiger partial charge is 0.187 e. The number of hydrogen-bond acceptors (Lipinski definition) is 7. The second-order valence-electron chi connectivity index (χ2n) is 8.81. The number of piperidine rings is 1. The van der Waals surface area contributed by atoms with Crippen LogP contribution in [0.2, 0.25) is 0 Å². The minimum atomic E-state index is 0.407. The molecule has 0 amide bonds. The molecular formula is C23H27N9. The van der Waals surface area contributed by atoms with Gasteiger partial charge in [0.25, 0.3) is 0 Å². The normalized spacial score (nSPS) is 19.6. The molecule has 5 heterocycles. The Morgan fingerprint density at radius 3 is 2.72 bits per heavy atom. The molecule has 4 aromatic heterocycles. The van der Waals surface area contributed by atoms with Crippen molar-refractivity contribution in [1.29, 1.82) is 0 Å². The van der Waals surface area contributed by atoms with Gasteiger partial charge < -0.3 is 10.6 Å². The predicted octanol–water partition coefficient (Wildman–Crippen LogP) is 3.33. The van der Waals surface area contributed by atoms with E-state index in [2.05, 4.69) is 47.9 Å². The van der Waals surface area contributed by atoms with Crippen molar-refractivity contribution in [2.75, 3.05) is 18.4 Å². The number of pyridine rings is 1. The summed E-state index contributed by atoms with van der Waals surface area (Å²) in [6.45, 7) is 2.06. The fourth-order valence-corrected chi connectivity index (χ4v) is 4.79. The number of nitrogens with one attached hydrogen (secondary N) is 2. The van der Waals surface area contributed by atoms with Gasteiger partial charge in [0, 0.05) is 47.9 Å². The molecule has 164 valence electrons. The molecule has 6 rings (SSSR count). The van der Waals surface area contributed by atoms with Crippen molar-refractivity contribution in [1.82, 2.24) is 39.9 Å².